The van der Waals surface area contributed by atoms with Crippen molar-refractivity contribution in [1.82, 2.24) is 9.97 Å². The molecule has 6 heteroatoms. The van der Waals surface area contributed by atoms with Crippen LogP contribution in [0.5, 0.6) is 0 Å². The van der Waals surface area contributed by atoms with Crippen molar-refractivity contribution >= 4 is 11.9 Å². The first-order valence-electron chi connectivity index (χ1n) is 5.92. The van der Waals surface area contributed by atoms with Gasteiger partial charge in [-0.05, 0) is 25.3 Å². The summed E-state index contributed by atoms with van der Waals surface area (Å²) in [4.78, 5) is 21.0. The van der Waals surface area contributed by atoms with E-state index in [4.69, 9.17) is 10.4 Å². The first-order valence-corrected chi connectivity index (χ1v) is 5.92. The summed E-state index contributed by atoms with van der Waals surface area (Å²) in [7, 11) is 0. The molecule has 1 N–H and O–H groups in total. The maximum Gasteiger partial charge on any atom is 0.305 e. The summed E-state index contributed by atoms with van der Waals surface area (Å²) in [6.07, 6.45) is 4.46. The number of nitriles is 1. The lowest BCUT2D eigenvalue weighted by Gasteiger charge is -2.34. The van der Waals surface area contributed by atoms with Gasteiger partial charge in [0, 0.05) is 18.8 Å². The van der Waals surface area contributed by atoms with Gasteiger partial charge in [0.2, 0.25) is 5.95 Å². The van der Waals surface area contributed by atoms with E-state index in [0.29, 0.717) is 11.6 Å². The molecule has 1 aromatic heterocycles. The Morgan fingerprint density at radius 1 is 1.61 bits per heavy atom. The van der Waals surface area contributed by atoms with Crippen LogP contribution in [0.2, 0.25) is 0 Å². The zero-order chi connectivity index (χ0) is 13.0. The van der Waals surface area contributed by atoms with E-state index < -0.39 is 5.97 Å². The minimum absolute atomic E-state index is 0.0785. The van der Waals surface area contributed by atoms with Crippen LogP contribution in [0.4, 0.5) is 5.95 Å². The van der Waals surface area contributed by atoms with Crippen LogP contribution in [-0.4, -0.2) is 33.6 Å². The molecule has 6 nitrogen and oxygen atoms in total. The highest BCUT2D eigenvalue weighted by atomic mass is 16.4. The lowest BCUT2D eigenvalue weighted by Crippen LogP contribution is -2.42. The smallest absolute Gasteiger partial charge is 0.305 e. The molecule has 0 aliphatic carbocycles. The van der Waals surface area contributed by atoms with Crippen LogP contribution in [0.3, 0.4) is 0 Å². The highest BCUT2D eigenvalue weighted by Gasteiger charge is 2.26. The van der Waals surface area contributed by atoms with Crippen LogP contribution in [0.15, 0.2) is 12.3 Å². The molecule has 0 spiro atoms. The number of nitrogens with zero attached hydrogens (tertiary/aromatic N) is 4. The van der Waals surface area contributed by atoms with E-state index in [1.54, 1.807) is 6.07 Å². The zero-order valence-electron chi connectivity index (χ0n) is 9.91. The fraction of sp³-hybridized carbons (Fsp3) is 0.500. The Hall–Kier alpha value is -2.16. The maximum atomic E-state index is 10.8. The van der Waals surface area contributed by atoms with E-state index in [9.17, 15) is 4.79 Å². The minimum atomic E-state index is -0.816. The summed E-state index contributed by atoms with van der Waals surface area (Å²) in [5.74, 6) is -0.358. The third kappa shape index (κ3) is 2.74. The van der Waals surface area contributed by atoms with Crippen LogP contribution in [0, 0.1) is 11.3 Å². The van der Waals surface area contributed by atoms with Gasteiger partial charge in [-0.1, -0.05) is 0 Å². The van der Waals surface area contributed by atoms with Crippen LogP contribution in [0.1, 0.15) is 31.4 Å². The average Bonchev–Trinajstić information content (AvgIpc) is 2.39. The van der Waals surface area contributed by atoms with E-state index in [2.05, 4.69) is 9.97 Å². The van der Waals surface area contributed by atoms with Crippen LogP contribution >= 0.6 is 0 Å². The molecule has 0 radical (unpaired) electrons. The number of aliphatic carboxylic acids is 1. The fourth-order valence-corrected chi connectivity index (χ4v) is 2.23. The number of hydrogen-bond donors (Lipinski definition) is 1. The van der Waals surface area contributed by atoms with Crippen molar-refractivity contribution in [3.8, 4) is 6.07 Å². The van der Waals surface area contributed by atoms with Gasteiger partial charge >= 0.3 is 5.97 Å². The molecule has 18 heavy (non-hydrogen) atoms. The van der Waals surface area contributed by atoms with Crippen molar-refractivity contribution < 1.29 is 9.90 Å². The molecule has 1 aromatic rings. The van der Waals surface area contributed by atoms with Crippen molar-refractivity contribution in [3.63, 3.8) is 0 Å². The van der Waals surface area contributed by atoms with E-state index in [0.717, 1.165) is 25.8 Å². The van der Waals surface area contributed by atoms with Crippen molar-refractivity contribution in [1.29, 1.82) is 5.26 Å². The zero-order valence-corrected chi connectivity index (χ0v) is 9.91. The van der Waals surface area contributed by atoms with Gasteiger partial charge in [-0.25, -0.2) is 9.97 Å². The van der Waals surface area contributed by atoms with Gasteiger partial charge in [-0.3, -0.25) is 4.79 Å². The Bertz CT molecular complexity index is 483. The number of carboxylic acids is 1. The Kier molecular flexibility index (Phi) is 3.72. The first-order chi connectivity index (χ1) is 8.70. The SMILES string of the molecule is N#Cc1ccnc(N2CCCCC2CC(=O)O)n1. The summed E-state index contributed by atoms with van der Waals surface area (Å²) in [5.41, 5.74) is 0.305. The molecule has 1 aliphatic rings. The molecule has 0 bridgehead atoms. The van der Waals surface area contributed by atoms with Gasteiger partial charge in [-0.2, -0.15) is 5.26 Å². The van der Waals surface area contributed by atoms with Crippen LogP contribution in [-0.2, 0) is 4.79 Å². The summed E-state index contributed by atoms with van der Waals surface area (Å²) in [6, 6.07) is 3.43. The number of carbonyl (C=O) groups is 1. The Balaban J connectivity index is 2.22. The number of piperidine rings is 1. The van der Waals surface area contributed by atoms with E-state index in [1.165, 1.54) is 6.20 Å². The van der Waals surface area contributed by atoms with Gasteiger partial charge in [0.25, 0.3) is 0 Å². The minimum Gasteiger partial charge on any atom is -0.481 e. The fourth-order valence-electron chi connectivity index (χ4n) is 2.23. The molecular formula is C12H14N4O2. The maximum absolute atomic E-state index is 10.8. The highest BCUT2D eigenvalue weighted by molar-refractivity contribution is 5.68. The highest BCUT2D eigenvalue weighted by Crippen LogP contribution is 2.23. The normalized spacial score (nSPS) is 19.3. The predicted molar refractivity (Wildman–Crippen MR) is 64.0 cm³/mol. The van der Waals surface area contributed by atoms with Gasteiger partial charge < -0.3 is 10.0 Å². The molecule has 1 aliphatic heterocycles. The Morgan fingerprint density at radius 2 is 2.44 bits per heavy atom. The molecule has 0 amide bonds. The van der Waals surface area contributed by atoms with Crippen molar-refractivity contribution in [2.45, 2.75) is 31.7 Å². The van der Waals surface area contributed by atoms with Gasteiger partial charge in [-0.15, -0.1) is 0 Å². The molecular weight excluding hydrogens is 232 g/mol. The monoisotopic (exact) mass is 246 g/mol. The lowest BCUT2D eigenvalue weighted by molar-refractivity contribution is -0.137. The molecule has 2 heterocycles. The second kappa shape index (κ2) is 5.45. The second-order valence-corrected chi connectivity index (χ2v) is 4.29. The average molecular weight is 246 g/mol. The summed E-state index contributed by atoms with van der Waals surface area (Å²) in [6.45, 7) is 0.743. The Labute approximate surface area is 105 Å². The van der Waals surface area contributed by atoms with Gasteiger partial charge in [0.1, 0.15) is 11.8 Å². The van der Waals surface area contributed by atoms with Crippen molar-refractivity contribution in [2.24, 2.45) is 0 Å². The molecule has 94 valence electrons. The van der Waals surface area contributed by atoms with E-state index in [-0.39, 0.29) is 12.5 Å². The predicted octanol–water partition coefficient (Wildman–Crippen LogP) is 1.18. The van der Waals surface area contributed by atoms with E-state index >= 15 is 0 Å². The number of hydrogen-bond acceptors (Lipinski definition) is 5. The number of aromatic nitrogens is 2. The standard InChI is InChI=1S/C12H14N4O2/c13-8-9-4-5-14-12(15-9)16-6-2-1-3-10(16)7-11(17)18/h4-5,10H,1-3,6-7H2,(H,17,18). The molecule has 1 atom stereocenters. The first kappa shape index (κ1) is 12.3. The molecule has 0 saturated carbocycles. The Morgan fingerprint density at radius 3 is 3.17 bits per heavy atom. The summed E-state index contributed by atoms with van der Waals surface area (Å²) >= 11 is 0. The molecule has 1 saturated heterocycles. The number of anilines is 1. The van der Waals surface area contributed by atoms with Gasteiger partial charge in [0.05, 0.1) is 6.42 Å². The summed E-state index contributed by atoms with van der Waals surface area (Å²) < 4.78 is 0. The van der Waals surface area contributed by atoms with Crippen LogP contribution < -0.4 is 4.90 Å². The molecule has 2 rings (SSSR count). The second-order valence-electron chi connectivity index (χ2n) is 4.29. The molecule has 0 aromatic carbocycles. The van der Waals surface area contributed by atoms with Gasteiger partial charge in [0.15, 0.2) is 0 Å². The molecule has 1 unspecified atom stereocenters. The van der Waals surface area contributed by atoms with E-state index in [1.807, 2.05) is 11.0 Å². The molecule has 1 fully saturated rings. The third-order valence-electron chi connectivity index (χ3n) is 3.05. The quantitative estimate of drug-likeness (QED) is 0.861. The summed E-state index contributed by atoms with van der Waals surface area (Å²) in [5, 5.41) is 17.7. The van der Waals surface area contributed by atoms with Crippen molar-refractivity contribution in [2.75, 3.05) is 11.4 Å². The van der Waals surface area contributed by atoms with Crippen LogP contribution in [0.25, 0.3) is 0 Å². The van der Waals surface area contributed by atoms with Crippen molar-refractivity contribution in [3.05, 3.63) is 18.0 Å². The third-order valence-corrected chi connectivity index (χ3v) is 3.05. The largest absolute Gasteiger partial charge is 0.481 e. The lowest BCUT2D eigenvalue weighted by atomic mass is 10.00. The number of rotatable bonds is 3. The number of carboxylic acid groups (broad SMARTS) is 1. The topological polar surface area (TPSA) is 90.1 Å².